The minimum atomic E-state index is -3.76. The van der Waals surface area contributed by atoms with Crippen LogP contribution in [-0.2, 0) is 16.6 Å². The molecule has 4 rings (SSSR count). The summed E-state index contributed by atoms with van der Waals surface area (Å²) in [6.07, 6.45) is 0. The first-order chi connectivity index (χ1) is 17.2. The smallest absolute Gasteiger partial charge is 0.253 e. The Morgan fingerprint density at radius 2 is 1.64 bits per heavy atom. The minimum absolute atomic E-state index is 0.0395. The van der Waals surface area contributed by atoms with Crippen LogP contribution in [0.4, 0.5) is 5.69 Å². The van der Waals surface area contributed by atoms with Crippen LogP contribution in [0.15, 0.2) is 71.6 Å². The number of hydrogen-bond donors (Lipinski definition) is 0. The summed E-state index contributed by atoms with van der Waals surface area (Å²) in [7, 11) is -0.749. The molecule has 0 aliphatic carbocycles. The van der Waals surface area contributed by atoms with Gasteiger partial charge in [0.2, 0.25) is 10.0 Å². The van der Waals surface area contributed by atoms with Crippen LogP contribution in [0.3, 0.4) is 0 Å². The van der Waals surface area contributed by atoms with Gasteiger partial charge in [-0.15, -0.1) is 0 Å². The number of rotatable bonds is 7. The molecule has 0 unspecified atom stereocenters. The van der Waals surface area contributed by atoms with Gasteiger partial charge in [-0.2, -0.15) is 4.31 Å². The molecule has 0 atom stereocenters. The van der Waals surface area contributed by atoms with Crippen LogP contribution in [0.25, 0.3) is 0 Å². The van der Waals surface area contributed by atoms with Gasteiger partial charge in [0.15, 0.2) is 0 Å². The van der Waals surface area contributed by atoms with Gasteiger partial charge in [0.25, 0.3) is 5.91 Å². The van der Waals surface area contributed by atoms with E-state index < -0.39 is 10.0 Å². The van der Waals surface area contributed by atoms with Crippen LogP contribution in [0.1, 0.15) is 15.9 Å². The van der Waals surface area contributed by atoms with Gasteiger partial charge in [-0.25, -0.2) is 8.42 Å². The number of methoxy groups -OCH3 is 1. The zero-order valence-electron chi connectivity index (χ0n) is 20.0. The zero-order valence-corrected chi connectivity index (χ0v) is 22.4. The Labute approximate surface area is 221 Å². The highest BCUT2D eigenvalue weighted by atomic mass is 35.5. The predicted octanol–water partition coefficient (Wildman–Crippen LogP) is 4.79. The maximum absolute atomic E-state index is 13.3. The highest BCUT2D eigenvalue weighted by molar-refractivity contribution is 7.89. The number of hydrogen-bond acceptors (Lipinski definition) is 5. The number of halogens is 2. The maximum Gasteiger partial charge on any atom is 0.253 e. The SMILES string of the molecule is COc1ccc(C(=O)N2CCN(c3cccc(Cl)c3)CC2)cc1CN(C)S(=O)(=O)c1ccc(Cl)cc1. The summed E-state index contributed by atoms with van der Waals surface area (Å²) in [4.78, 5) is 17.4. The van der Waals surface area contributed by atoms with Crippen LogP contribution in [0.2, 0.25) is 10.0 Å². The van der Waals surface area contributed by atoms with Crippen molar-refractivity contribution in [2.24, 2.45) is 0 Å². The van der Waals surface area contributed by atoms with Crippen molar-refractivity contribution in [3.63, 3.8) is 0 Å². The normalized spacial score (nSPS) is 14.2. The predicted molar refractivity (Wildman–Crippen MR) is 143 cm³/mol. The molecule has 7 nitrogen and oxygen atoms in total. The summed E-state index contributed by atoms with van der Waals surface area (Å²) in [5, 5.41) is 1.14. The molecule has 1 aliphatic rings. The Bertz CT molecular complexity index is 1340. The molecule has 36 heavy (non-hydrogen) atoms. The number of carbonyl (C=O) groups is 1. The van der Waals surface area contributed by atoms with Crippen molar-refractivity contribution in [3.8, 4) is 5.75 Å². The average Bonchev–Trinajstić information content (AvgIpc) is 2.88. The number of piperazine rings is 1. The van der Waals surface area contributed by atoms with Crippen LogP contribution < -0.4 is 9.64 Å². The summed E-state index contributed by atoms with van der Waals surface area (Å²) in [5.41, 5.74) is 2.12. The lowest BCUT2D eigenvalue weighted by molar-refractivity contribution is 0.0746. The third-order valence-electron chi connectivity index (χ3n) is 6.18. The van der Waals surface area contributed by atoms with E-state index in [1.807, 2.05) is 24.3 Å². The van der Waals surface area contributed by atoms with Gasteiger partial charge in [0, 0.05) is 66.6 Å². The molecule has 3 aromatic rings. The van der Waals surface area contributed by atoms with Crippen LogP contribution in [0.5, 0.6) is 5.75 Å². The molecular weight excluding hydrogens is 521 g/mol. The number of nitrogens with zero attached hydrogens (tertiary/aromatic N) is 3. The summed E-state index contributed by atoms with van der Waals surface area (Å²) in [5.74, 6) is 0.406. The van der Waals surface area contributed by atoms with E-state index in [4.69, 9.17) is 27.9 Å². The fourth-order valence-corrected chi connectivity index (χ4v) is 5.63. The molecule has 1 saturated heterocycles. The van der Waals surface area contributed by atoms with E-state index >= 15 is 0 Å². The Hall–Kier alpha value is -2.78. The van der Waals surface area contributed by atoms with E-state index in [0.29, 0.717) is 53.1 Å². The van der Waals surface area contributed by atoms with E-state index in [-0.39, 0.29) is 17.3 Å². The zero-order chi connectivity index (χ0) is 25.9. The standard InChI is InChI=1S/C26H27Cl2N3O4S/c1-29(36(33,34)24-9-7-21(27)8-10-24)18-20-16-19(6-11-25(20)35-2)26(32)31-14-12-30(13-15-31)23-5-3-4-22(28)17-23/h3-11,16-17H,12-15,18H2,1-2H3. The van der Waals surface area contributed by atoms with Crippen LogP contribution >= 0.6 is 23.2 Å². The van der Waals surface area contributed by atoms with Gasteiger partial charge in [-0.1, -0.05) is 29.3 Å². The topological polar surface area (TPSA) is 70.2 Å². The van der Waals surface area contributed by atoms with Gasteiger partial charge in [-0.3, -0.25) is 4.79 Å². The molecule has 0 aromatic heterocycles. The fourth-order valence-electron chi connectivity index (χ4n) is 4.17. The molecule has 10 heteroatoms. The first-order valence-corrected chi connectivity index (χ1v) is 13.6. The van der Waals surface area contributed by atoms with Crippen molar-refractivity contribution >= 4 is 44.8 Å². The van der Waals surface area contributed by atoms with E-state index in [2.05, 4.69) is 4.90 Å². The van der Waals surface area contributed by atoms with E-state index in [1.54, 1.807) is 23.1 Å². The van der Waals surface area contributed by atoms with Gasteiger partial charge in [0.1, 0.15) is 5.75 Å². The van der Waals surface area contributed by atoms with E-state index in [1.165, 1.54) is 42.7 Å². The Kier molecular flexibility index (Phi) is 8.10. The lowest BCUT2D eigenvalue weighted by atomic mass is 10.1. The molecule has 1 heterocycles. The molecule has 190 valence electrons. The molecule has 1 fully saturated rings. The molecule has 3 aromatic carbocycles. The Morgan fingerprint density at radius 1 is 0.944 bits per heavy atom. The average molecular weight is 548 g/mol. The Balaban J connectivity index is 1.48. The van der Waals surface area contributed by atoms with Crippen molar-refractivity contribution < 1.29 is 17.9 Å². The number of ether oxygens (including phenoxy) is 1. The monoisotopic (exact) mass is 547 g/mol. The number of amides is 1. The van der Waals surface area contributed by atoms with E-state index in [0.717, 1.165) is 5.69 Å². The Morgan fingerprint density at radius 3 is 2.28 bits per heavy atom. The van der Waals surface area contributed by atoms with Gasteiger partial charge < -0.3 is 14.5 Å². The molecule has 1 aliphatic heterocycles. The quantitative estimate of drug-likeness (QED) is 0.425. The molecule has 0 saturated carbocycles. The van der Waals surface area contributed by atoms with Crippen LogP contribution in [-0.4, -0.2) is 63.9 Å². The molecule has 0 radical (unpaired) electrons. The molecule has 0 bridgehead atoms. The summed E-state index contributed by atoms with van der Waals surface area (Å²) in [6, 6.07) is 18.8. The first kappa shape index (κ1) is 26.3. The fraction of sp³-hybridized carbons (Fsp3) is 0.269. The number of anilines is 1. The lowest BCUT2D eigenvalue weighted by Gasteiger charge is -2.36. The van der Waals surface area contributed by atoms with Gasteiger partial charge in [0.05, 0.1) is 12.0 Å². The lowest BCUT2D eigenvalue weighted by Crippen LogP contribution is -2.48. The van der Waals surface area contributed by atoms with Crippen molar-refractivity contribution in [1.82, 2.24) is 9.21 Å². The van der Waals surface area contributed by atoms with Crippen molar-refractivity contribution in [1.29, 1.82) is 0 Å². The molecular formula is C26H27Cl2N3O4S. The van der Waals surface area contributed by atoms with Crippen LogP contribution in [0, 0.1) is 0 Å². The second kappa shape index (κ2) is 11.1. The highest BCUT2D eigenvalue weighted by Gasteiger charge is 2.25. The molecule has 0 spiro atoms. The largest absolute Gasteiger partial charge is 0.496 e. The molecule has 1 amide bonds. The van der Waals surface area contributed by atoms with E-state index in [9.17, 15) is 13.2 Å². The van der Waals surface area contributed by atoms with Crippen molar-refractivity contribution in [2.75, 3.05) is 45.2 Å². The third-order valence-corrected chi connectivity index (χ3v) is 8.49. The maximum atomic E-state index is 13.3. The number of carbonyl (C=O) groups excluding carboxylic acids is 1. The van der Waals surface area contributed by atoms with Crippen molar-refractivity contribution in [2.45, 2.75) is 11.4 Å². The minimum Gasteiger partial charge on any atom is -0.496 e. The summed E-state index contributed by atoms with van der Waals surface area (Å²) in [6.45, 7) is 2.56. The van der Waals surface area contributed by atoms with Crippen molar-refractivity contribution in [3.05, 3.63) is 87.9 Å². The second-order valence-corrected chi connectivity index (χ2v) is 11.4. The second-order valence-electron chi connectivity index (χ2n) is 8.50. The first-order valence-electron chi connectivity index (χ1n) is 11.4. The number of benzene rings is 3. The van der Waals surface area contributed by atoms with Gasteiger partial charge >= 0.3 is 0 Å². The summed E-state index contributed by atoms with van der Waals surface area (Å²) >= 11 is 12.0. The number of sulfonamides is 1. The molecule has 0 N–H and O–H groups in total. The highest BCUT2D eigenvalue weighted by Crippen LogP contribution is 2.26. The third kappa shape index (κ3) is 5.78. The van der Waals surface area contributed by atoms with Gasteiger partial charge in [-0.05, 0) is 60.7 Å². The summed E-state index contributed by atoms with van der Waals surface area (Å²) < 4.78 is 32.8.